The van der Waals surface area contributed by atoms with Crippen molar-refractivity contribution in [1.29, 1.82) is 0 Å². The summed E-state index contributed by atoms with van der Waals surface area (Å²) < 4.78 is 10.5. The molecule has 1 heterocycles. The molecule has 0 unspecified atom stereocenters. The first kappa shape index (κ1) is 19.5. The van der Waals surface area contributed by atoms with Crippen molar-refractivity contribution >= 4 is 5.97 Å². The van der Waals surface area contributed by atoms with E-state index in [1.165, 1.54) is 14.2 Å². The van der Waals surface area contributed by atoms with E-state index in [9.17, 15) is 20.1 Å². The molecule has 146 valence electrons. The van der Waals surface area contributed by atoms with E-state index >= 15 is 0 Å². The first-order valence-electron chi connectivity index (χ1n) is 8.53. The number of aromatic nitrogens is 1. The van der Waals surface area contributed by atoms with Crippen LogP contribution in [0.4, 0.5) is 0 Å². The maximum absolute atomic E-state index is 11.8. The second-order valence-electron chi connectivity index (χ2n) is 6.23. The average molecular weight is 383 g/mol. The van der Waals surface area contributed by atoms with E-state index < -0.39 is 5.97 Å². The zero-order chi connectivity index (χ0) is 20.3. The summed E-state index contributed by atoms with van der Waals surface area (Å²) in [4.78, 5) is 14.8. The Morgan fingerprint density at radius 1 is 0.857 bits per heavy atom. The number of H-pyrrole nitrogens is 1. The lowest BCUT2D eigenvalue weighted by atomic mass is 10.0. The summed E-state index contributed by atoms with van der Waals surface area (Å²) in [6, 6.07) is 12.1. The van der Waals surface area contributed by atoms with Gasteiger partial charge in [0.25, 0.3) is 0 Å². The number of hydrogen-bond donors (Lipinski definition) is 4. The molecule has 0 atom stereocenters. The average Bonchev–Trinajstić information content (AvgIpc) is 3.18. The number of ether oxygens (including phenoxy) is 2. The Morgan fingerprint density at radius 3 is 1.89 bits per heavy atom. The van der Waals surface area contributed by atoms with E-state index in [1.807, 2.05) is 0 Å². The molecule has 0 radical (unpaired) electrons. The van der Waals surface area contributed by atoms with Gasteiger partial charge in [-0.2, -0.15) is 0 Å². The van der Waals surface area contributed by atoms with E-state index in [0.717, 1.165) is 0 Å². The van der Waals surface area contributed by atoms with Gasteiger partial charge < -0.3 is 29.8 Å². The Kier molecular flexibility index (Phi) is 5.67. The number of aromatic carboxylic acids is 1. The second kappa shape index (κ2) is 8.16. The molecule has 3 aromatic rings. The molecule has 0 fully saturated rings. The molecule has 0 bridgehead atoms. The topological polar surface area (TPSA) is 112 Å². The lowest BCUT2D eigenvalue weighted by Gasteiger charge is -2.07. The van der Waals surface area contributed by atoms with Crippen LogP contribution >= 0.6 is 0 Å². The number of aliphatic hydroxyl groups excluding tert-OH is 2. The highest BCUT2D eigenvalue weighted by molar-refractivity contribution is 5.96. The van der Waals surface area contributed by atoms with Crippen LogP contribution in [-0.4, -0.2) is 40.5 Å². The maximum Gasteiger partial charge on any atom is 0.352 e. The van der Waals surface area contributed by atoms with Gasteiger partial charge in [-0.25, -0.2) is 4.79 Å². The van der Waals surface area contributed by atoms with Gasteiger partial charge in [0.15, 0.2) is 0 Å². The molecule has 2 aromatic carbocycles. The Balaban J connectivity index is 2.18. The van der Waals surface area contributed by atoms with E-state index in [1.54, 1.807) is 42.5 Å². The summed E-state index contributed by atoms with van der Waals surface area (Å²) in [5, 5.41) is 28.6. The minimum absolute atomic E-state index is 0.0144. The predicted molar refractivity (Wildman–Crippen MR) is 104 cm³/mol. The van der Waals surface area contributed by atoms with Gasteiger partial charge >= 0.3 is 5.97 Å². The third-order valence-corrected chi connectivity index (χ3v) is 4.42. The standard InChI is InChI=1S/C21H21NO6/c1-27-16-5-12(10-23)3-14(7-16)18-9-19(22-20(18)21(25)26)15-4-13(11-24)6-17(8-15)28-2/h3-9,22-24H,10-11H2,1-2H3,(H,25,26). The molecule has 28 heavy (non-hydrogen) atoms. The molecule has 7 nitrogen and oxygen atoms in total. The molecular formula is C21H21NO6. The molecule has 3 rings (SSSR count). The lowest BCUT2D eigenvalue weighted by Crippen LogP contribution is -1.99. The van der Waals surface area contributed by atoms with Crippen LogP contribution < -0.4 is 9.47 Å². The van der Waals surface area contributed by atoms with Crippen molar-refractivity contribution < 1.29 is 29.6 Å². The molecule has 4 N–H and O–H groups in total. The van der Waals surface area contributed by atoms with Gasteiger partial charge in [-0.1, -0.05) is 0 Å². The lowest BCUT2D eigenvalue weighted by molar-refractivity contribution is 0.0692. The van der Waals surface area contributed by atoms with Crippen LogP contribution in [0, 0.1) is 0 Å². The van der Waals surface area contributed by atoms with Crippen LogP contribution in [0.15, 0.2) is 42.5 Å². The van der Waals surface area contributed by atoms with E-state index in [0.29, 0.717) is 45.0 Å². The Hall–Kier alpha value is -3.29. The third kappa shape index (κ3) is 3.85. The SMILES string of the molecule is COc1cc(CO)cc(-c2cc(-c3cc(CO)cc(OC)c3)c(C(=O)O)[nH]2)c1. The zero-order valence-electron chi connectivity index (χ0n) is 15.5. The van der Waals surface area contributed by atoms with E-state index in [4.69, 9.17) is 9.47 Å². The quantitative estimate of drug-likeness (QED) is 0.499. The number of rotatable bonds is 7. The van der Waals surface area contributed by atoms with Crippen molar-refractivity contribution in [2.24, 2.45) is 0 Å². The van der Waals surface area contributed by atoms with Crippen LogP contribution in [0.3, 0.4) is 0 Å². The molecule has 0 aliphatic rings. The highest BCUT2D eigenvalue weighted by atomic mass is 16.5. The van der Waals surface area contributed by atoms with Crippen LogP contribution in [0.2, 0.25) is 0 Å². The van der Waals surface area contributed by atoms with Crippen molar-refractivity contribution in [3.63, 3.8) is 0 Å². The summed E-state index contributed by atoms with van der Waals surface area (Å²) in [6.45, 7) is -0.362. The molecule has 7 heteroatoms. The molecule has 0 saturated carbocycles. The van der Waals surface area contributed by atoms with Gasteiger partial charge in [0.1, 0.15) is 17.2 Å². The van der Waals surface area contributed by atoms with Gasteiger partial charge in [-0.05, 0) is 59.2 Å². The molecule has 0 amide bonds. The summed E-state index contributed by atoms with van der Waals surface area (Å²) in [6.07, 6.45) is 0. The normalized spacial score (nSPS) is 10.7. The van der Waals surface area contributed by atoms with Gasteiger partial charge in [-0.3, -0.25) is 0 Å². The fourth-order valence-corrected chi connectivity index (χ4v) is 3.06. The number of methoxy groups -OCH3 is 2. The number of hydrogen-bond acceptors (Lipinski definition) is 5. The Bertz CT molecular complexity index is 964. The number of aromatic amines is 1. The molecule has 0 aliphatic heterocycles. The Morgan fingerprint density at radius 2 is 1.39 bits per heavy atom. The summed E-state index contributed by atoms with van der Waals surface area (Å²) >= 11 is 0. The fourth-order valence-electron chi connectivity index (χ4n) is 3.06. The molecule has 1 aromatic heterocycles. The molecule has 0 saturated heterocycles. The van der Waals surface area contributed by atoms with Crippen LogP contribution in [0.25, 0.3) is 22.4 Å². The smallest absolute Gasteiger partial charge is 0.352 e. The van der Waals surface area contributed by atoms with Crippen molar-refractivity contribution in [2.45, 2.75) is 13.2 Å². The first-order chi connectivity index (χ1) is 13.5. The molecule has 0 aliphatic carbocycles. The fraction of sp³-hybridized carbons (Fsp3) is 0.190. The summed E-state index contributed by atoms with van der Waals surface area (Å²) in [5.74, 6) is -0.0389. The number of carboxylic acids is 1. The van der Waals surface area contributed by atoms with Crippen LogP contribution in [0.5, 0.6) is 11.5 Å². The third-order valence-electron chi connectivity index (χ3n) is 4.42. The van der Waals surface area contributed by atoms with Crippen molar-refractivity contribution in [3.05, 3.63) is 59.3 Å². The number of carboxylic acid groups (broad SMARTS) is 1. The number of benzene rings is 2. The van der Waals surface area contributed by atoms with Gasteiger partial charge in [0.2, 0.25) is 0 Å². The zero-order valence-corrected chi connectivity index (χ0v) is 15.5. The van der Waals surface area contributed by atoms with E-state index in [-0.39, 0.29) is 18.9 Å². The van der Waals surface area contributed by atoms with Crippen LogP contribution in [0.1, 0.15) is 21.6 Å². The predicted octanol–water partition coefficient (Wildman–Crippen LogP) is 3.05. The maximum atomic E-state index is 11.8. The first-order valence-corrected chi connectivity index (χ1v) is 8.53. The number of nitrogens with one attached hydrogen (secondary N) is 1. The number of carbonyl (C=O) groups is 1. The monoisotopic (exact) mass is 383 g/mol. The van der Waals surface area contributed by atoms with E-state index in [2.05, 4.69) is 4.98 Å². The summed E-state index contributed by atoms with van der Waals surface area (Å²) in [7, 11) is 3.03. The largest absolute Gasteiger partial charge is 0.497 e. The van der Waals surface area contributed by atoms with Gasteiger partial charge in [0.05, 0.1) is 27.4 Å². The van der Waals surface area contributed by atoms with Gasteiger partial charge in [0, 0.05) is 16.8 Å². The van der Waals surface area contributed by atoms with Crippen molar-refractivity contribution in [1.82, 2.24) is 4.98 Å². The minimum Gasteiger partial charge on any atom is -0.497 e. The highest BCUT2D eigenvalue weighted by Crippen LogP contribution is 2.34. The van der Waals surface area contributed by atoms with Gasteiger partial charge in [-0.15, -0.1) is 0 Å². The van der Waals surface area contributed by atoms with Crippen molar-refractivity contribution in [2.75, 3.05) is 14.2 Å². The Labute approximate surface area is 161 Å². The van der Waals surface area contributed by atoms with Crippen molar-refractivity contribution in [3.8, 4) is 33.9 Å². The second-order valence-corrected chi connectivity index (χ2v) is 6.23. The highest BCUT2D eigenvalue weighted by Gasteiger charge is 2.19. The molecular weight excluding hydrogens is 362 g/mol. The summed E-state index contributed by atoms with van der Waals surface area (Å²) in [5.41, 5.74) is 3.58. The minimum atomic E-state index is -1.11. The number of aliphatic hydroxyl groups is 2. The van der Waals surface area contributed by atoms with Crippen LogP contribution in [-0.2, 0) is 13.2 Å². The molecule has 0 spiro atoms.